The highest BCUT2D eigenvalue weighted by Gasteiger charge is 2.28. The van der Waals surface area contributed by atoms with Crippen LogP contribution in [0.2, 0.25) is 0 Å². The molecule has 0 saturated carbocycles. The number of fused-ring (bicyclic) bond motifs is 1. The summed E-state index contributed by atoms with van der Waals surface area (Å²) in [6, 6.07) is 6.66. The number of piperidine rings is 1. The van der Waals surface area contributed by atoms with Crippen molar-refractivity contribution < 1.29 is 13.6 Å². The van der Waals surface area contributed by atoms with Gasteiger partial charge in [-0.25, -0.2) is 28.5 Å². The lowest BCUT2D eigenvalue weighted by Crippen LogP contribution is -2.59. The second-order valence-electron chi connectivity index (χ2n) is 10.5. The predicted molar refractivity (Wildman–Crippen MR) is 144 cm³/mol. The third-order valence-electron chi connectivity index (χ3n) is 7.67. The molecule has 2 aliphatic rings. The quantitative estimate of drug-likeness (QED) is 0.428. The zero-order chi connectivity index (χ0) is 27.0. The van der Waals surface area contributed by atoms with Gasteiger partial charge in [0.1, 0.15) is 23.6 Å². The van der Waals surface area contributed by atoms with E-state index in [0.29, 0.717) is 35.9 Å². The van der Waals surface area contributed by atoms with Crippen molar-refractivity contribution in [1.82, 2.24) is 30.5 Å². The van der Waals surface area contributed by atoms with E-state index in [-0.39, 0.29) is 23.6 Å². The molecule has 10 heteroatoms. The molecule has 0 spiro atoms. The van der Waals surface area contributed by atoms with Gasteiger partial charge in [-0.1, -0.05) is 18.2 Å². The van der Waals surface area contributed by atoms with Crippen LogP contribution in [0.1, 0.15) is 73.0 Å². The average molecular weight is 524 g/mol. The van der Waals surface area contributed by atoms with Crippen molar-refractivity contribution in [3.63, 3.8) is 0 Å². The highest BCUT2D eigenvalue weighted by Crippen LogP contribution is 2.34. The van der Waals surface area contributed by atoms with Crippen LogP contribution >= 0.6 is 0 Å². The minimum absolute atomic E-state index is 0.00566. The average Bonchev–Trinajstić information content (AvgIpc) is 2.85. The molecular formula is C28H35F2N7O. The zero-order valence-electron chi connectivity index (χ0n) is 22.3. The maximum Gasteiger partial charge on any atom is 0.317 e. The summed E-state index contributed by atoms with van der Waals surface area (Å²) >= 11 is 0. The lowest BCUT2D eigenvalue weighted by atomic mass is 9.88. The van der Waals surface area contributed by atoms with E-state index < -0.39 is 18.0 Å². The number of anilines is 1. The first-order valence-corrected chi connectivity index (χ1v) is 13.3. The Balaban J connectivity index is 1.38. The molecule has 0 bridgehead atoms. The first-order valence-electron chi connectivity index (χ1n) is 13.3. The normalized spacial score (nSPS) is 18.2. The minimum atomic E-state index is -1.40. The fourth-order valence-corrected chi connectivity index (χ4v) is 5.33. The van der Waals surface area contributed by atoms with E-state index in [9.17, 15) is 9.18 Å². The summed E-state index contributed by atoms with van der Waals surface area (Å²) in [5, 5.41) is 10.3. The standard InChI is InChI=1S/C28H35F2N7O/c1-15(29)21-6-5-7-22(25(21)30)16(2)32-26-24-12-23(17(3)33-27(24)35-18(4)34-26)19-8-10-37(11-9-19)28(38)36-20-13-31-14-20/h5-7,12,15-16,19-20,31H,8-11,13-14H2,1-4H3,(H,36,38)(H,32,33,34,35)/t15?,16-/m1/s1. The van der Waals surface area contributed by atoms with E-state index >= 15 is 4.39 Å². The molecule has 1 unspecified atom stereocenters. The van der Waals surface area contributed by atoms with Crippen molar-refractivity contribution >= 4 is 22.9 Å². The molecule has 2 aromatic heterocycles. The van der Waals surface area contributed by atoms with E-state index in [1.807, 2.05) is 18.7 Å². The molecule has 2 saturated heterocycles. The highest BCUT2D eigenvalue weighted by atomic mass is 19.1. The van der Waals surface area contributed by atoms with Crippen molar-refractivity contribution in [2.45, 2.75) is 64.7 Å². The van der Waals surface area contributed by atoms with Crippen molar-refractivity contribution in [2.24, 2.45) is 0 Å². The van der Waals surface area contributed by atoms with Crippen LogP contribution in [0.25, 0.3) is 11.0 Å². The molecule has 2 fully saturated rings. The molecule has 3 N–H and O–H groups in total. The van der Waals surface area contributed by atoms with E-state index in [2.05, 4.69) is 32.0 Å². The fraction of sp³-hybridized carbons (Fsp3) is 0.500. The van der Waals surface area contributed by atoms with E-state index in [1.54, 1.807) is 19.1 Å². The Morgan fingerprint density at radius 3 is 2.47 bits per heavy atom. The Bertz CT molecular complexity index is 1340. The summed E-state index contributed by atoms with van der Waals surface area (Å²) in [4.78, 5) is 28.4. The smallest absolute Gasteiger partial charge is 0.317 e. The number of halogens is 2. The highest BCUT2D eigenvalue weighted by molar-refractivity contribution is 5.87. The Morgan fingerprint density at radius 1 is 1.11 bits per heavy atom. The second kappa shape index (κ2) is 10.8. The van der Waals surface area contributed by atoms with Crippen LogP contribution in [0.15, 0.2) is 24.3 Å². The number of rotatable bonds is 6. The topological polar surface area (TPSA) is 95.1 Å². The molecule has 8 nitrogen and oxygen atoms in total. The zero-order valence-corrected chi connectivity index (χ0v) is 22.3. The number of benzene rings is 1. The number of alkyl halides is 1. The van der Waals surface area contributed by atoms with Crippen LogP contribution in [0, 0.1) is 19.7 Å². The lowest BCUT2D eigenvalue weighted by molar-refractivity contribution is 0.173. The number of pyridine rings is 1. The van der Waals surface area contributed by atoms with Crippen LogP contribution in [0.5, 0.6) is 0 Å². The van der Waals surface area contributed by atoms with Crippen LogP contribution in [0.4, 0.5) is 19.4 Å². The lowest BCUT2D eigenvalue weighted by Gasteiger charge is -2.35. The molecule has 38 heavy (non-hydrogen) atoms. The van der Waals surface area contributed by atoms with Crippen molar-refractivity contribution in [2.75, 3.05) is 31.5 Å². The van der Waals surface area contributed by atoms with Gasteiger partial charge in [0, 0.05) is 43.0 Å². The molecule has 3 aromatic rings. The number of likely N-dealkylation sites (tertiary alicyclic amines) is 1. The number of urea groups is 1. The molecule has 0 aliphatic carbocycles. The molecular weight excluding hydrogens is 488 g/mol. The Kier molecular flexibility index (Phi) is 7.43. The van der Waals surface area contributed by atoms with Crippen LogP contribution in [-0.2, 0) is 0 Å². The van der Waals surface area contributed by atoms with Gasteiger partial charge in [0.25, 0.3) is 0 Å². The number of nitrogens with one attached hydrogen (secondary N) is 3. The summed E-state index contributed by atoms with van der Waals surface area (Å²) in [5.41, 5.74) is 3.02. The molecule has 1 aromatic carbocycles. The van der Waals surface area contributed by atoms with E-state index in [1.165, 1.54) is 13.0 Å². The summed E-state index contributed by atoms with van der Waals surface area (Å²) < 4.78 is 29.0. The van der Waals surface area contributed by atoms with E-state index in [0.717, 1.165) is 42.6 Å². The van der Waals surface area contributed by atoms with E-state index in [4.69, 9.17) is 4.98 Å². The van der Waals surface area contributed by atoms with Crippen molar-refractivity contribution in [1.29, 1.82) is 0 Å². The van der Waals surface area contributed by atoms with Gasteiger partial charge in [-0.3, -0.25) is 0 Å². The van der Waals surface area contributed by atoms with Crippen LogP contribution in [0.3, 0.4) is 0 Å². The summed E-state index contributed by atoms with van der Waals surface area (Å²) in [6.45, 7) is 9.97. The third-order valence-corrected chi connectivity index (χ3v) is 7.67. The molecule has 5 rings (SSSR count). The molecule has 0 radical (unpaired) electrons. The SMILES string of the molecule is Cc1nc(N[C@H](C)c2cccc(C(C)F)c2F)c2cc(C3CCN(C(=O)NC4CNC4)CC3)c(C)nc2n1. The molecule has 2 aliphatic heterocycles. The summed E-state index contributed by atoms with van der Waals surface area (Å²) in [5.74, 6) is 0.835. The number of aryl methyl sites for hydroxylation is 2. The monoisotopic (exact) mass is 523 g/mol. The minimum Gasteiger partial charge on any atom is -0.363 e. The molecule has 2 amide bonds. The first kappa shape index (κ1) is 26.2. The molecule has 2 atom stereocenters. The Morgan fingerprint density at radius 2 is 1.82 bits per heavy atom. The number of hydrogen-bond acceptors (Lipinski definition) is 6. The van der Waals surface area contributed by atoms with Gasteiger partial charge >= 0.3 is 6.03 Å². The Labute approximate surface area is 221 Å². The van der Waals surface area contributed by atoms with Gasteiger partial charge in [0.2, 0.25) is 0 Å². The second-order valence-corrected chi connectivity index (χ2v) is 10.5. The van der Waals surface area contributed by atoms with Gasteiger partial charge in [-0.15, -0.1) is 0 Å². The van der Waals surface area contributed by atoms with Crippen LogP contribution < -0.4 is 16.0 Å². The predicted octanol–water partition coefficient (Wildman–Crippen LogP) is 4.85. The van der Waals surface area contributed by atoms with Gasteiger partial charge < -0.3 is 20.9 Å². The number of amides is 2. The van der Waals surface area contributed by atoms with Gasteiger partial charge in [-0.2, -0.15) is 0 Å². The maximum atomic E-state index is 15.1. The van der Waals surface area contributed by atoms with Gasteiger partial charge in [0.05, 0.1) is 17.5 Å². The largest absolute Gasteiger partial charge is 0.363 e. The van der Waals surface area contributed by atoms with Gasteiger partial charge in [0.15, 0.2) is 5.65 Å². The maximum absolute atomic E-state index is 15.1. The third kappa shape index (κ3) is 5.27. The summed E-state index contributed by atoms with van der Waals surface area (Å²) in [7, 11) is 0. The van der Waals surface area contributed by atoms with Crippen molar-refractivity contribution in [3.05, 3.63) is 58.3 Å². The van der Waals surface area contributed by atoms with Gasteiger partial charge in [-0.05, 0) is 58.1 Å². The molecule has 202 valence electrons. The number of carbonyl (C=O) groups is 1. The van der Waals surface area contributed by atoms with Crippen LogP contribution in [-0.4, -0.2) is 58.1 Å². The fourth-order valence-electron chi connectivity index (χ4n) is 5.33. The number of aromatic nitrogens is 3. The number of nitrogens with zero attached hydrogens (tertiary/aromatic N) is 4. The number of hydrogen-bond donors (Lipinski definition) is 3. The Hall–Kier alpha value is -3.40. The molecule has 4 heterocycles. The summed E-state index contributed by atoms with van der Waals surface area (Å²) in [6.07, 6.45) is 0.289. The number of carbonyl (C=O) groups excluding carboxylic acids is 1. The first-order chi connectivity index (χ1) is 18.2. The van der Waals surface area contributed by atoms with Crippen molar-refractivity contribution in [3.8, 4) is 0 Å².